The summed E-state index contributed by atoms with van der Waals surface area (Å²) in [5, 5.41) is 13.4. The Balaban J connectivity index is 0.00000417. The van der Waals surface area contributed by atoms with Crippen LogP contribution in [0, 0.1) is 11.3 Å². The van der Waals surface area contributed by atoms with Crippen LogP contribution >= 0.6 is 40.2 Å². The van der Waals surface area contributed by atoms with Gasteiger partial charge >= 0.3 is 0 Å². The molecule has 9 nitrogen and oxygen atoms in total. The van der Waals surface area contributed by atoms with Gasteiger partial charge < -0.3 is 19.5 Å². The molecule has 2 amide bonds. The summed E-state index contributed by atoms with van der Waals surface area (Å²) < 4.78 is 7.88. The predicted molar refractivity (Wildman–Crippen MR) is 184 cm³/mol. The number of aromatic nitrogens is 2. The highest BCUT2D eigenvalue weighted by molar-refractivity contribution is 8.93. The van der Waals surface area contributed by atoms with Crippen molar-refractivity contribution in [1.29, 1.82) is 5.26 Å². The number of nitriles is 1. The minimum absolute atomic E-state index is 0. The Hall–Kier alpha value is -4.40. The van der Waals surface area contributed by atoms with Crippen LogP contribution < -0.4 is 10.1 Å². The zero-order valence-electron chi connectivity index (χ0n) is 24.7. The summed E-state index contributed by atoms with van der Waals surface area (Å²) >= 11 is 12.0. The monoisotopic (exact) mass is 718 g/mol. The van der Waals surface area contributed by atoms with Crippen molar-refractivity contribution in [2.24, 2.45) is 7.05 Å². The van der Waals surface area contributed by atoms with Crippen LogP contribution in [0.25, 0.3) is 10.9 Å². The second-order valence-corrected chi connectivity index (χ2v) is 11.6. The average molecular weight is 720 g/mol. The number of nitrogens with zero attached hydrogens (tertiary/aromatic N) is 5. The van der Waals surface area contributed by atoms with Crippen LogP contribution in [0.3, 0.4) is 0 Å². The highest BCUT2D eigenvalue weighted by Gasteiger charge is 2.25. The SMILES string of the molecule is Br.Cn1c(C(=O)N2CCN(Cc3ccc(C#N)cc3)CC2)cc2ccc(Oc3ccc(NC(=O)c4ccc(Cl)c(Cl)c4)cn3)cc21. The molecule has 1 fully saturated rings. The van der Waals surface area contributed by atoms with Crippen molar-refractivity contribution >= 4 is 68.6 Å². The summed E-state index contributed by atoms with van der Waals surface area (Å²) in [5.41, 5.74) is 4.15. The van der Waals surface area contributed by atoms with Crippen molar-refractivity contribution in [3.63, 3.8) is 0 Å². The highest BCUT2D eigenvalue weighted by Crippen LogP contribution is 2.28. The first-order valence-electron chi connectivity index (χ1n) is 14.3. The van der Waals surface area contributed by atoms with E-state index in [0.29, 0.717) is 57.3 Å². The van der Waals surface area contributed by atoms with Crippen LogP contribution in [0.1, 0.15) is 32.0 Å². The number of nitrogens with one attached hydrogen (secondary N) is 1. The number of halogens is 3. The zero-order valence-corrected chi connectivity index (χ0v) is 28.0. The number of anilines is 1. The number of hydrogen-bond acceptors (Lipinski definition) is 6. The summed E-state index contributed by atoms with van der Waals surface area (Å²) in [6, 6.07) is 25.3. The fourth-order valence-electron chi connectivity index (χ4n) is 5.27. The molecule has 12 heteroatoms. The van der Waals surface area contributed by atoms with Gasteiger partial charge in [-0.25, -0.2) is 4.98 Å². The van der Waals surface area contributed by atoms with Crippen LogP contribution in [0.15, 0.2) is 85.1 Å². The Morgan fingerprint density at radius 1 is 0.935 bits per heavy atom. The first-order valence-corrected chi connectivity index (χ1v) is 15.0. The van der Waals surface area contributed by atoms with Crippen molar-refractivity contribution in [3.05, 3.63) is 117 Å². The van der Waals surface area contributed by atoms with Crippen molar-refractivity contribution < 1.29 is 14.3 Å². The number of aryl methyl sites for hydroxylation is 1. The number of carbonyl (C=O) groups is 2. The summed E-state index contributed by atoms with van der Waals surface area (Å²) in [4.78, 5) is 34.6. The number of pyridine rings is 1. The second-order valence-electron chi connectivity index (χ2n) is 10.8. The summed E-state index contributed by atoms with van der Waals surface area (Å²) in [5.74, 6) is 0.577. The minimum Gasteiger partial charge on any atom is -0.439 e. The van der Waals surface area contributed by atoms with E-state index in [-0.39, 0.29) is 28.8 Å². The van der Waals surface area contributed by atoms with E-state index in [2.05, 4.69) is 21.3 Å². The molecule has 0 radical (unpaired) electrons. The van der Waals surface area contributed by atoms with E-state index in [1.165, 1.54) is 12.3 Å². The van der Waals surface area contributed by atoms with Gasteiger partial charge in [-0.1, -0.05) is 35.3 Å². The van der Waals surface area contributed by atoms with Crippen LogP contribution in [0.2, 0.25) is 10.0 Å². The van der Waals surface area contributed by atoms with E-state index in [9.17, 15) is 9.59 Å². The number of ether oxygens (including phenoxy) is 1. The van der Waals surface area contributed by atoms with E-state index in [1.54, 1.807) is 24.3 Å². The van der Waals surface area contributed by atoms with Gasteiger partial charge in [0.1, 0.15) is 11.4 Å². The van der Waals surface area contributed by atoms with Crippen LogP contribution in [0.5, 0.6) is 11.6 Å². The average Bonchev–Trinajstić information content (AvgIpc) is 3.39. The van der Waals surface area contributed by atoms with Crippen molar-refractivity contribution in [2.45, 2.75) is 6.54 Å². The third-order valence-corrected chi connectivity index (χ3v) is 8.52. The largest absolute Gasteiger partial charge is 0.439 e. The predicted octanol–water partition coefficient (Wildman–Crippen LogP) is 7.33. The summed E-state index contributed by atoms with van der Waals surface area (Å²) in [6.45, 7) is 3.62. The molecule has 0 saturated carbocycles. The van der Waals surface area contributed by atoms with E-state index >= 15 is 0 Å². The molecule has 2 aromatic heterocycles. The fraction of sp³-hybridized carbons (Fsp3) is 0.176. The third kappa shape index (κ3) is 7.35. The Morgan fingerprint density at radius 2 is 1.70 bits per heavy atom. The van der Waals surface area contributed by atoms with Crippen molar-refractivity contribution in [2.75, 3.05) is 31.5 Å². The molecule has 6 rings (SSSR count). The molecule has 1 aliphatic heterocycles. The fourth-order valence-corrected chi connectivity index (χ4v) is 5.57. The quantitative estimate of drug-likeness (QED) is 0.189. The van der Waals surface area contributed by atoms with E-state index < -0.39 is 0 Å². The van der Waals surface area contributed by atoms with E-state index in [1.807, 2.05) is 65.0 Å². The maximum absolute atomic E-state index is 13.5. The topological polar surface area (TPSA) is 103 Å². The first kappa shape index (κ1) is 33.0. The number of piperazine rings is 1. The number of amides is 2. The van der Waals surface area contributed by atoms with Gasteiger partial charge in [0.15, 0.2) is 0 Å². The number of carbonyl (C=O) groups excluding carboxylic acids is 2. The lowest BCUT2D eigenvalue weighted by molar-refractivity contribution is 0.0619. The standard InChI is InChI=1S/C34H28Cl2N6O3.BrH/c1-40-30-18-27(45-32-11-8-26(20-38-32)39-33(43)25-7-10-28(35)29(36)16-25)9-6-24(30)17-31(40)34(44)42-14-12-41(13-15-42)21-23-4-2-22(19-37)3-5-23;/h2-11,16-18,20H,12-15,21H2,1H3,(H,39,43);1H. The Kier molecular flexibility index (Phi) is 10.3. The molecule has 3 heterocycles. The molecule has 5 aromatic rings. The van der Waals surface area contributed by atoms with Gasteiger partial charge in [0.25, 0.3) is 11.8 Å². The molecule has 234 valence electrons. The van der Waals surface area contributed by atoms with Crippen molar-refractivity contribution in [1.82, 2.24) is 19.4 Å². The molecule has 1 aliphatic rings. The van der Waals surface area contributed by atoms with Gasteiger partial charge in [-0.15, -0.1) is 17.0 Å². The summed E-state index contributed by atoms with van der Waals surface area (Å²) in [7, 11) is 1.88. The second kappa shape index (κ2) is 14.4. The molecular weight excluding hydrogens is 691 g/mol. The van der Waals surface area contributed by atoms with Crippen LogP contribution in [-0.4, -0.2) is 57.3 Å². The Morgan fingerprint density at radius 3 is 2.37 bits per heavy atom. The lowest BCUT2D eigenvalue weighted by Crippen LogP contribution is -2.48. The maximum Gasteiger partial charge on any atom is 0.270 e. The normalized spacial score (nSPS) is 13.1. The molecule has 0 atom stereocenters. The Labute approximate surface area is 286 Å². The van der Waals surface area contributed by atoms with Gasteiger partial charge in [-0.3, -0.25) is 14.5 Å². The minimum atomic E-state index is -0.339. The van der Waals surface area contributed by atoms with E-state index in [4.69, 9.17) is 33.2 Å². The number of hydrogen-bond donors (Lipinski definition) is 1. The molecular formula is C34H29BrCl2N6O3. The molecule has 3 aromatic carbocycles. The zero-order chi connectivity index (χ0) is 31.5. The van der Waals surface area contributed by atoms with Gasteiger partial charge in [0.05, 0.1) is 39.1 Å². The summed E-state index contributed by atoms with van der Waals surface area (Å²) in [6.07, 6.45) is 1.51. The lowest BCUT2D eigenvalue weighted by atomic mass is 10.1. The van der Waals surface area contributed by atoms with Gasteiger partial charge in [0, 0.05) is 62.9 Å². The number of fused-ring (bicyclic) bond motifs is 1. The molecule has 1 N–H and O–H groups in total. The van der Waals surface area contributed by atoms with Gasteiger partial charge in [-0.2, -0.15) is 5.26 Å². The molecule has 1 saturated heterocycles. The lowest BCUT2D eigenvalue weighted by Gasteiger charge is -2.34. The Bertz CT molecular complexity index is 1930. The number of benzene rings is 3. The highest BCUT2D eigenvalue weighted by atomic mass is 79.9. The first-order chi connectivity index (χ1) is 21.8. The molecule has 0 aliphatic carbocycles. The molecule has 0 spiro atoms. The smallest absolute Gasteiger partial charge is 0.270 e. The molecule has 46 heavy (non-hydrogen) atoms. The van der Waals surface area contributed by atoms with Gasteiger partial charge in [0.2, 0.25) is 5.88 Å². The third-order valence-electron chi connectivity index (χ3n) is 7.78. The van der Waals surface area contributed by atoms with Crippen molar-refractivity contribution in [3.8, 4) is 17.7 Å². The maximum atomic E-state index is 13.5. The van der Waals surface area contributed by atoms with E-state index in [0.717, 1.165) is 36.1 Å². The molecule has 0 bridgehead atoms. The number of rotatable bonds is 7. The van der Waals surface area contributed by atoms with Crippen LogP contribution in [0.4, 0.5) is 5.69 Å². The van der Waals surface area contributed by atoms with Crippen LogP contribution in [-0.2, 0) is 13.6 Å². The molecule has 0 unspecified atom stereocenters. The van der Waals surface area contributed by atoms with Gasteiger partial charge in [-0.05, 0) is 60.2 Å².